The highest BCUT2D eigenvalue weighted by Gasteiger charge is 2.08. The van der Waals surface area contributed by atoms with E-state index in [4.69, 9.17) is 4.98 Å². The van der Waals surface area contributed by atoms with Gasteiger partial charge in [0, 0.05) is 25.3 Å². The lowest BCUT2D eigenvalue weighted by Crippen LogP contribution is -2.26. The van der Waals surface area contributed by atoms with E-state index in [1.54, 1.807) is 0 Å². The Morgan fingerprint density at radius 2 is 2.11 bits per heavy atom. The second kappa shape index (κ2) is 7.17. The van der Waals surface area contributed by atoms with Gasteiger partial charge in [-0.15, -0.1) is 0 Å². The number of nitrogens with one attached hydrogen (secondary N) is 1. The van der Waals surface area contributed by atoms with Crippen LogP contribution >= 0.6 is 0 Å². The Morgan fingerprint density at radius 3 is 2.61 bits per heavy atom. The molecule has 0 radical (unpaired) electrons. The van der Waals surface area contributed by atoms with Crippen LogP contribution in [0, 0.1) is 0 Å². The third-order valence-corrected chi connectivity index (χ3v) is 2.83. The molecule has 1 rings (SSSR count). The van der Waals surface area contributed by atoms with E-state index in [-0.39, 0.29) is 0 Å². The van der Waals surface area contributed by atoms with Crippen LogP contribution < -0.4 is 10.2 Å². The van der Waals surface area contributed by atoms with E-state index in [1.807, 2.05) is 7.05 Å². The second-order valence-corrected chi connectivity index (χ2v) is 4.68. The maximum Gasteiger partial charge on any atom is 0.129 e. The van der Waals surface area contributed by atoms with Crippen molar-refractivity contribution >= 4 is 5.82 Å². The van der Waals surface area contributed by atoms with E-state index in [0.29, 0.717) is 0 Å². The van der Waals surface area contributed by atoms with E-state index in [9.17, 15) is 0 Å². The Hall–Kier alpha value is -1.35. The molecule has 0 amide bonds. The molecule has 0 atom stereocenters. The molecule has 18 heavy (non-hydrogen) atoms. The molecule has 1 heterocycles. The summed E-state index contributed by atoms with van der Waals surface area (Å²) in [5.74, 6) is 1.06. The van der Waals surface area contributed by atoms with Gasteiger partial charge in [0.2, 0.25) is 0 Å². The van der Waals surface area contributed by atoms with E-state index < -0.39 is 0 Å². The number of rotatable bonds is 7. The van der Waals surface area contributed by atoms with Gasteiger partial charge in [0.05, 0.1) is 0 Å². The fourth-order valence-electron chi connectivity index (χ4n) is 1.96. The summed E-state index contributed by atoms with van der Waals surface area (Å²) < 4.78 is 0. The highest BCUT2D eigenvalue weighted by Crippen LogP contribution is 2.16. The molecule has 0 aliphatic heterocycles. The molecule has 0 aliphatic rings. The van der Waals surface area contributed by atoms with Gasteiger partial charge in [-0.25, -0.2) is 4.98 Å². The Morgan fingerprint density at radius 1 is 1.39 bits per heavy atom. The molecule has 3 nitrogen and oxygen atoms in total. The first-order valence-corrected chi connectivity index (χ1v) is 6.64. The molecule has 0 unspecified atom stereocenters. The fraction of sp³-hybridized carbons (Fsp3) is 0.533. The largest absolute Gasteiger partial charge is 0.353 e. The minimum absolute atomic E-state index is 0.871. The molecule has 0 aliphatic carbocycles. The van der Waals surface area contributed by atoms with Crippen LogP contribution in [0.3, 0.4) is 0 Å². The van der Waals surface area contributed by atoms with Crippen molar-refractivity contribution < 1.29 is 0 Å². The average molecular weight is 247 g/mol. The summed E-state index contributed by atoms with van der Waals surface area (Å²) in [5, 5.41) is 3.20. The minimum atomic E-state index is 0.871. The summed E-state index contributed by atoms with van der Waals surface area (Å²) in [6.07, 6.45) is 0.967. The molecule has 0 aromatic carbocycles. The predicted octanol–water partition coefficient (Wildman–Crippen LogP) is 2.77. The Labute approximate surface area is 111 Å². The summed E-state index contributed by atoms with van der Waals surface area (Å²) in [5.41, 5.74) is 3.60. The number of aryl methyl sites for hydroxylation is 1. The van der Waals surface area contributed by atoms with Gasteiger partial charge in [0.25, 0.3) is 0 Å². The SMILES string of the molecule is C=C(C)CN(CC)c1cc(CNC)cc(CC)n1. The number of pyridine rings is 1. The van der Waals surface area contributed by atoms with Crippen LogP contribution in [0.25, 0.3) is 0 Å². The van der Waals surface area contributed by atoms with Crippen LogP contribution in [-0.4, -0.2) is 25.1 Å². The van der Waals surface area contributed by atoms with Crippen LogP contribution in [0.2, 0.25) is 0 Å². The van der Waals surface area contributed by atoms with Crippen molar-refractivity contribution in [3.63, 3.8) is 0 Å². The predicted molar refractivity (Wildman–Crippen MR) is 79.1 cm³/mol. The number of hydrogen-bond donors (Lipinski definition) is 1. The molecule has 1 N–H and O–H groups in total. The first-order chi connectivity index (χ1) is 8.60. The van der Waals surface area contributed by atoms with E-state index >= 15 is 0 Å². The maximum atomic E-state index is 4.72. The molecule has 100 valence electrons. The van der Waals surface area contributed by atoms with Gasteiger partial charge < -0.3 is 10.2 Å². The molecular weight excluding hydrogens is 222 g/mol. The third kappa shape index (κ3) is 4.15. The maximum absolute atomic E-state index is 4.72. The average Bonchev–Trinajstić information content (AvgIpc) is 2.35. The molecule has 1 aromatic heterocycles. The van der Waals surface area contributed by atoms with Crippen LogP contribution in [-0.2, 0) is 13.0 Å². The summed E-state index contributed by atoms with van der Waals surface area (Å²) in [6, 6.07) is 4.34. The Kier molecular flexibility index (Phi) is 5.86. The van der Waals surface area contributed by atoms with Gasteiger partial charge in [-0.05, 0) is 45.0 Å². The number of nitrogens with zero attached hydrogens (tertiary/aromatic N) is 2. The van der Waals surface area contributed by atoms with Crippen molar-refractivity contribution in [3.05, 3.63) is 35.5 Å². The molecule has 0 saturated carbocycles. The van der Waals surface area contributed by atoms with Gasteiger partial charge in [0.1, 0.15) is 5.82 Å². The molecule has 3 heteroatoms. The number of aromatic nitrogens is 1. The molecule has 1 aromatic rings. The van der Waals surface area contributed by atoms with Crippen molar-refractivity contribution in [2.24, 2.45) is 0 Å². The van der Waals surface area contributed by atoms with Gasteiger partial charge >= 0.3 is 0 Å². The molecule has 0 spiro atoms. The highest BCUT2D eigenvalue weighted by atomic mass is 15.2. The minimum Gasteiger partial charge on any atom is -0.353 e. The standard InChI is InChI=1S/C15H25N3/c1-6-14-8-13(10-16-5)9-15(17-14)18(7-2)11-12(3)4/h8-9,16H,3,6-7,10-11H2,1-2,4-5H3. The highest BCUT2D eigenvalue weighted by molar-refractivity contribution is 5.44. The Balaban J connectivity index is 3.04. The third-order valence-electron chi connectivity index (χ3n) is 2.83. The number of hydrogen-bond acceptors (Lipinski definition) is 3. The molecular formula is C15H25N3. The lowest BCUT2D eigenvalue weighted by atomic mass is 10.2. The quantitative estimate of drug-likeness (QED) is 0.751. The van der Waals surface area contributed by atoms with Gasteiger partial charge in [-0.2, -0.15) is 0 Å². The fourth-order valence-corrected chi connectivity index (χ4v) is 1.96. The van der Waals surface area contributed by atoms with Crippen molar-refractivity contribution in [2.75, 3.05) is 25.0 Å². The zero-order chi connectivity index (χ0) is 13.5. The van der Waals surface area contributed by atoms with Crippen LogP contribution in [0.4, 0.5) is 5.82 Å². The monoisotopic (exact) mass is 247 g/mol. The van der Waals surface area contributed by atoms with Crippen molar-refractivity contribution in [3.8, 4) is 0 Å². The molecule has 0 bridgehead atoms. The van der Waals surface area contributed by atoms with E-state index in [2.05, 4.69) is 49.7 Å². The zero-order valence-corrected chi connectivity index (χ0v) is 12.1. The number of likely N-dealkylation sites (N-methyl/N-ethyl adjacent to an activating group) is 1. The topological polar surface area (TPSA) is 28.2 Å². The van der Waals surface area contributed by atoms with Gasteiger partial charge in [-0.3, -0.25) is 0 Å². The zero-order valence-electron chi connectivity index (χ0n) is 12.1. The van der Waals surface area contributed by atoms with Gasteiger partial charge in [0.15, 0.2) is 0 Å². The van der Waals surface area contributed by atoms with E-state index in [1.165, 1.54) is 5.56 Å². The normalized spacial score (nSPS) is 10.4. The summed E-state index contributed by atoms with van der Waals surface area (Å²) in [6.45, 7) is 13.0. The van der Waals surface area contributed by atoms with Gasteiger partial charge in [-0.1, -0.05) is 19.1 Å². The molecule has 0 saturated heterocycles. The smallest absolute Gasteiger partial charge is 0.129 e. The van der Waals surface area contributed by atoms with Crippen molar-refractivity contribution in [2.45, 2.75) is 33.7 Å². The van der Waals surface area contributed by atoms with Crippen LogP contribution in [0.15, 0.2) is 24.3 Å². The summed E-state index contributed by atoms with van der Waals surface area (Å²) in [7, 11) is 1.97. The van der Waals surface area contributed by atoms with Crippen LogP contribution in [0.5, 0.6) is 0 Å². The lowest BCUT2D eigenvalue weighted by molar-refractivity contribution is 0.800. The second-order valence-electron chi connectivity index (χ2n) is 4.68. The molecule has 0 fully saturated rings. The Bertz CT molecular complexity index is 399. The first-order valence-electron chi connectivity index (χ1n) is 6.64. The number of anilines is 1. The lowest BCUT2D eigenvalue weighted by Gasteiger charge is -2.23. The van der Waals surface area contributed by atoms with Crippen molar-refractivity contribution in [1.29, 1.82) is 0 Å². The summed E-state index contributed by atoms with van der Waals surface area (Å²) in [4.78, 5) is 6.98. The summed E-state index contributed by atoms with van der Waals surface area (Å²) >= 11 is 0. The van der Waals surface area contributed by atoms with Crippen LogP contribution in [0.1, 0.15) is 32.0 Å². The first kappa shape index (κ1) is 14.7. The van der Waals surface area contributed by atoms with Crippen molar-refractivity contribution in [1.82, 2.24) is 10.3 Å². The van der Waals surface area contributed by atoms with E-state index in [0.717, 1.165) is 43.1 Å².